The number of aromatic amines is 1. The van der Waals surface area contributed by atoms with Gasteiger partial charge in [-0.2, -0.15) is 0 Å². The van der Waals surface area contributed by atoms with E-state index < -0.39 is 0 Å². The van der Waals surface area contributed by atoms with E-state index in [9.17, 15) is 4.79 Å². The van der Waals surface area contributed by atoms with Gasteiger partial charge in [0.05, 0.1) is 19.8 Å². The smallest absolute Gasteiger partial charge is 0.254 e. The lowest BCUT2D eigenvalue weighted by molar-refractivity contribution is 0.298. The molecular weight excluding hydrogens is 272 g/mol. The first-order chi connectivity index (χ1) is 10.1. The molecule has 0 spiro atoms. The molecule has 0 saturated carbocycles. The van der Waals surface area contributed by atoms with Crippen LogP contribution in [0.2, 0.25) is 0 Å². The van der Waals surface area contributed by atoms with Crippen molar-refractivity contribution in [2.24, 2.45) is 0 Å². The molecule has 1 aromatic heterocycles. The lowest BCUT2D eigenvalue weighted by Crippen LogP contribution is -2.18. The van der Waals surface area contributed by atoms with Gasteiger partial charge in [-0.3, -0.25) is 4.79 Å². The van der Waals surface area contributed by atoms with E-state index in [1.807, 2.05) is 0 Å². The minimum absolute atomic E-state index is 0.0899. The van der Waals surface area contributed by atoms with Gasteiger partial charge in [0.25, 0.3) is 5.56 Å². The largest absolute Gasteiger partial charge is 0.493 e. The fourth-order valence-electron chi connectivity index (χ4n) is 2.22. The van der Waals surface area contributed by atoms with Crippen LogP contribution in [-0.4, -0.2) is 35.9 Å². The molecule has 1 heterocycles. The van der Waals surface area contributed by atoms with Crippen LogP contribution in [0.25, 0.3) is 11.4 Å². The number of hydrogen-bond acceptors (Lipinski definition) is 5. The molecule has 2 N–H and O–H groups in total. The Labute approximate surface area is 122 Å². The summed E-state index contributed by atoms with van der Waals surface area (Å²) in [7, 11) is 3.08. The van der Waals surface area contributed by atoms with Crippen LogP contribution in [0.3, 0.4) is 0 Å². The van der Waals surface area contributed by atoms with Crippen molar-refractivity contribution in [3.63, 3.8) is 0 Å². The van der Waals surface area contributed by atoms with Crippen molar-refractivity contribution in [2.75, 3.05) is 20.8 Å². The number of methoxy groups -OCH3 is 2. The molecule has 6 nitrogen and oxygen atoms in total. The first kappa shape index (κ1) is 15.1. The second kappa shape index (κ2) is 6.41. The number of benzene rings is 1. The van der Waals surface area contributed by atoms with E-state index >= 15 is 0 Å². The summed E-state index contributed by atoms with van der Waals surface area (Å²) >= 11 is 0. The van der Waals surface area contributed by atoms with Crippen LogP contribution in [-0.2, 0) is 6.42 Å². The highest BCUT2D eigenvalue weighted by atomic mass is 16.5. The Morgan fingerprint density at radius 1 is 1.29 bits per heavy atom. The summed E-state index contributed by atoms with van der Waals surface area (Å²) in [6, 6.07) is 5.37. The van der Waals surface area contributed by atoms with Crippen LogP contribution in [0.15, 0.2) is 23.0 Å². The van der Waals surface area contributed by atoms with Crippen LogP contribution in [0.4, 0.5) is 0 Å². The van der Waals surface area contributed by atoms with Gasteiger partial charge in [0.2, 0.25) is 0 Å². The third-order valence-corrected chi connectivity index (χ3v) is 3.24. The van der Waals surface area contributed by atoms with Crippen molar-refractivity contribution in [1.82, 2.24) is 9.97 Å². The molecule has 2 aromatic rings. The molecule has 0 atom stereocenters. The van der Waals surface area contributed by atoms with Crippen LogP contribution >= 0.6 is 0 Å². The maximum absolute atomic E-state index is 12.1. The van der Waals surface area contributed by atoms with Crippen LogP contribution in [0, 0.1) is 6.92 Å². The lowest BCUT2D eigenvalue weighted by atomic mass is 10.1. The van der Waals surface area contributed by atoms with Crippen molar-refractivity contribution in [2.45, 2.75) is 13.3 Å². The predicted octanol–water partition coefficient (Wildman–Crippen LogP) is 1.30. The fraction of sp³-hybridized carbons (Fsp3) is 0.333. The quantitative estimate of drug-likeness (QED) is 0.867. The number of ether oxygens (including phenoxy) is 2. The van der Waals surface area contributed by atoms with Crippen molar-refractivity contribution in [3.05, 3.63) is 39.8 Å². The summed E-state index contributed by atoms with van der Waals surface area (Å²) in [5.41, 5.74) is 1.47. The number of aliphatic hydroxyl groups excluding tert-OH is 1. The zero-order valence-corrected chi connectivity index (χ0v) is 12.3. The van der Waals surface area contributed by atoms with Gasteiger partial charge in [0.15, 0.2) is 11.5 Å². The van der Waals surface area contributed by atoms with Crippen molar-refractivity contribution >= 4 is 0 Å². The second-order valence-corrected chi connectivity index (χ2v) is 4.49. The van der Waals surface area contributed by atoms with E-state index in [1.54, 1.807) is 32.2 Å². The molecule has 2 rings (SSSR count). The first-order valence-corrected chi connectivity index (χ1v) is 6.54. The van der Waals surface area contributed by atoms with Gasteiger partial charge in [-0.25, -0.2) is 4.98 Å². The highest BCUT2D eigenvalue weighted by molar-refractivity contribution is 5.68. The molecule has 0 bridgehead atoms. The first-order valence-electron chi connectivity index (χ1n) is 6.54. The number of para-hydroxylation sites is 1. The molecule has 112 valence electrons. The predicted molar refractivity (Wildman–Crippen MR) is 78.9 cm³/mol. The van der Waals surface area contributed by atoms with E-state index in [0.29, 0.717) is 34.1 Å². The highest BCUT2D eigenvalue weighted by Gasteiger charge is 2.15. The fourth-order valence-corrected chi connectivity index (χ4v) is 2.22. The number of H-pyrrole nitrogens is 1. The molecule has 0 unspecified atom stereocenters. The zero-order valence-electron chi connectivity index (χ0n) is 12.3. The second-order valence-electron chi connectivity index (χ2n) is 4.49. The Bertz CT molecular complexity index is 695. The Hall–Kier alpha value is -2.34. The Kier molecular flexibility index (Phi) is 4.59. The van der Waals surface area contributed by atoms with Crippen LogP contribution in [0.1, 0.15) is 11.3 Å². The Morgan fingerprint density at radius 2 is 2.05 bits per heavy atom. The average molecular weight is 290 g/mol. The topological polar surface area (TPSA) is 84.4 Å². The minimum Gasteiger partial charge on any atom is -0.493 e. The molecule has 0 saturated heterocycles. The Balaban J connectivity index is 2.60. The molecule has 0 fully saturated rings. The molecule has 0 aliphatic carbocycles. The van der Waals surface area contributed by atoms with Crippen LogP contribution in [0.5, 0.6) is 11.5 Å². The van der Waals surface area contributed by atoms with Crippen LogP contribution < -0.4 is 15.0 Å². The van der Waals surface area contributed by atoms with E-state index in [0.717, 1.165) is 0 Å². The molecule has 1 aromatic carbocycles. The van der Waals surface area contributed by atoms with Gasteiger partial charge in [-0.05, 0) is 19.1 Å². The van der Waals surface area contributed by atoms with E-state index in [-0.39, 0.29) is 18.6 Å². The molecule has 0 aliphatic heterocycles. The molecule has 6 heteroatoms. The number of nitrogens with zero attached hydrogens (tertiary/aromatic N) is 1. The third-order valence-electron chi connectivity index (χ3n) is 3.24. The summed E-state index contributed by atoms with van der Waals surface area (Å²) in [4.78, 5) is 19.2. The summed E-state index contributed by atoms with van der Waals surface area (Å²) in [6.07, 6.45) is 0.281. The lowest BCUT2D eigenvalue weighted by Gasteiger charge is -2.13. The number of hydrogen-bond donors (Lipinski definition) is 2. The van der Waals surface area contributed by atoms with E-state index in [4.69, 9.17) is 14.6 Å². The van der Waals surface area contributed by atoms with Gasteiger partial charge in [-0.15, -0.1) is 0 Å². The highest BCUT2D eigenvalue weighted by Crippen LogP contribution is 2.35. The Morgan fingerprint density at radius 3 is 2.62 bits per heavy atom. The van der Waals surface area contributed by atoms with Gasteiger partial charge in [0.1, 0.15) is 5.82 Å². The number of aromatic nitrogens is 2. The zero-order chi connectivity index (χ0) is 15.4. The van der Waals surface area contributed by atoms with Gasteiger partial charge >= 0.3 is 0 Å². The van der Waals surface area contributed by atoms with Crippen molar-refractivity contribution < 1.29 is 14.6 Å². The van der Waals surface area contributed by atoms with Crippen molar-refractivity contribution in [3.8, 4) is 22.9 Å². The summed E-state index contributed by atoms with van der Waals surface area (Å²) < 4.78 is 10.6. The third kappa shape index (κ3) is 2.90. The molecule has 21 heavy (non-hydrogen) atoms. The monoisotopic (exact) mass is 290 g/mol. The van der Waals surface area contributed by atoms with Gasteiger partial charge in [0, 0.05) is 24.3 Å². The minimum atomic E-state index is -0.253. The maximum atomic E-state index is 12.1. The van der Waals surface area contributed by atoms with Gasteiger partial charge in [-0.1, -0.05) is 6.07 Å². The standard InChI is InChI=1S/C15H18N2O4/c1-9-10(7-8-18)15(19)17-14(16-9)11-5-4-6-12(20-2)13(11)21-3/h4-6,18H,7-8H2,1-3H3,(H,16,17,19). The summed E-state index contributed by atoms with van der Waals surface area (Å²) in [5.74, 6) is 1.49. The summed E-state index contributed by atoms with van der Waals surface area (Å²) in [5, 5.41) is 8.99. The number of nitrogens with one attached hydrogen (secondary N) is 1. The van der Waals surface area contributed by atoms with Gasteiger partial charge < -0.3 is 19.6 Å². The van der Waals surface area contributed by atoms with Crippen molar-refractivity contribution in [1.29, 1.82) is 0 Å². The number of rotatable bonds is 5. The average Bonchev–Trinajstić information content (AvgIpc) is 2.49. The number of aliphatic hydroxyl groups is 1. The molecule has 0 amide bonds. The van der Waals surface area contributed by atoms with E-state index in [2.05, 4.69) is 9.97 Å². The maximum Gasteiger partial charge on any atom is 0.254 e. The summed E-state index contributed by atoms with van der Waals surface area (Å²) in [6.45, 7) is 1.66. The normalized spacial score (nSPS) is 10.5. The molecule has 0 radical (unpaired) electrons. The number of aryl methyl sites for hydroxylation is 1. The SMILES string of the molecule is COc1cccc(-c2nc(C)c(CCO)c(=O)[nH]2)c1OC. The molecular formula is C15H18N2O4. The van der Waals surface area contributed by atoms with E-state index in [1.165, 1.54) is 7.11 Å². The molecule has 0 aliphatic rings.